The largest absolute Gasteiger partial charge is 0.350 e. The fourth-order valence-corrected chi connectivity index (χ4v) is 0.653. The second kappa shape index (κ2) is 6.97. The average molecular weight is 180 g/mol. The lowest BCUT2D eigenvalue weighted by atomic mass is 10.4. The molecule has 0 spiro atoms. The molecule has 0 saturated heterocycles. The van der Waals surface area contributed by atoms with Crippen molar-refractivity contribution in [3.63, 3.8) is 0 Å². The predicted octanol–water partition coefficient (Wildman–Crippen LogP) is 0.367. The van der Waals surface area contributed by atoms with Crippen molar-refractivity contribution in [2.45, 2.75) is 19.8 Å². The molecule has 3 nitrogen and oxygen atoms in total. The van der Waals surface area contributed by atoms with Crippen LogP contribution in [0.1, 0.15) is 13.3 Å². The summed E-state index contributed by atoms with van der Waals surface area (Å²) in [5.41, 5.74) is 0. The van der Waals surface area contributed by atoms with Gasteiger partial charge < -0.3 is 10.6 Å². The fourth-order valence-electron chi connectivity index (χ4n) is 0.653. The van der Waals surface area contributed by atoms with E-state index in [1.165, 1.54) is 0 Å². The summed E-state index contributed by atoms with van der Waals surface area (Å²) in [7, 11) is 0. The molecule has 0 rings (SSSR count). The third-order valence-corrected chi connectivity index (χ3v) is 1.23. The Morgan fingerprint density at radius 1 is 1.33 bits per heavy atom. The van der Waals surface area contributed by atoms with Crippen LogP contribution in [0.3, 0.4) is 0 Å². The summed E-state index contributed by atoms with van der Waals surface area (Å²) in [4.78, 5) is 10.3. The van der Waals surface area contributed by atoms with Crippen molar-refractivity contribution in [1.82, 2.24) is 10.6 Å². The fraction of sp³-hybridized carbons (Fsp3) is 0.857. The number of amides is 1. The maximum absolute atomic E-state index is 11.6. The third-order valence-electron chi connectivity index (χ3n) is 1.23. The van der Waals surface area contributed by atoms with E-state index in [4.69, 9.17) is 0 Å². The Morgan fingerprint density at radius 2 is 2.00 bits per heavy atom. The van der Waals surface area contributed by atoms with Gasteiger partial charge >= 0.3 is 6.43 Å². The summed E-state index contributed by atoms with van der Waals surface area (Å²) in [6, 6.07) is 0. The van der Waals surface area contributed by atoms with Crippen LogP contribution in [0.15, 0.2) is 0 Å². The second-order valence-corrected chi connectivity index (χ2v) is 2.34. The molecule has 0 unspecified atom stereocenters. The van der Waals surface area contributed by atoms with Gasteiger partial charge in [-0.3, -0.25) is 4.79 Å². The summed E-state index contributed by atoms with van der Waals surface area (Å²) in [6.45, 7) is 3.63. The van der Waals surface area contributed by atoms with Crippen LogP contribution in [-0.2, 0) is 4.79 Å². The van der Waals surface area contributed by atoms with Crippen LogP contribution in [0.5, 0.6) is 0 Å². The molecule has 0 fully saturated rings. The molecule has 0 saturated carbocycles. The Balaban J connectivity index is 3.14. The summed E-state index contributed by atoms with van der Waals surface area (Å²) < 4.78 is 23.1. The van der Waals surface area contributed by atoms with Crippen molar-refractivity contribution in [1.29, 1.82) is 0 Å². The highest BCUT2D eigenvalue weighted by Gasteiger charge is 2.12. The molecule has 0 aliphatic heterocycles. The van der Waals surface area contributed by atoms with E-state index >= 15 is 0 Å². The minimum atomic E-state index is -2.91. The summed E-state index contributed by atoms with van der Waals surface area (Å²) >= 11 is 0. The van der Waals surface area contributed by atoms with Crippen LogP contribution < -0.4 is 10.6 Å². The van der Waals surface area contributed by atoms with Crippen LogP contribution in [0.25, 0.3) is 0 Å². The first-order valence-electron chi connectivity index (χ1n) is 3.95. The van der Waals surface area contributed by atoms with Crippen LogP contribution >= 0.6 is 0 Å². The Labute approximate surface area is 70.5 Å². The molecule has 0 aromatic heterocycles. The molecule has 0 bridgehead atoms. The molecule has 5 heteroatoms. The number of hydrogen-bond acceptors (Lipinski definition) is 2. The first kappa shape index (κ1) is 11.3. The van der Waals surface area contributed by atoms with Gasteiger partial charge in [-0.2, -0.15) is 8.78 Å². The molecule has 0 aromatic rings. The van der Waals surface area contributed by atoms with Crippen molar-refractivity contribution >= 4 is 5.91 Å². The Morgan fingerprint density at radius 3 is 2.50 bits per heavy atom. The molecule has 0 aliphatic carbocycles. The molecule has 2 N–H and O–H groups in total. The van der Waals surface area contributed by atoms with Gasteiger partial charge in [-0.25, -0.2) is 0 Å². The third kappa shape index (κ3) is 6.03. The molecule has 0 aromatic carbocycles. The van der Waals surface area contributed by atoms with Gasteiger partial charge in [-0.15, -0.1) is 0 Å². The lowest BCUT2D eigenvalue weighted by Gasteiger charge is -2.04. The highest BCUT2D eigenvalue weighted by Crippen LogP contribution is 1.89. The number of halogens is 2. The number of alkyl halides is 2. The van der Waals surface area contributed by atoms with Crippen LogP contribution in [-0.4, -0.2) is 32.0 Å². The summed E-state index contributed by atoms with van der Waals surface area (Å²) in [5.74, 6) is -1.20. The van der Waals surface area contributed by atoms with E-state index in [2.05, 4.69) is 10.6 Å². The minimum absolute atomic E-state index is 0.253. The zero-order valence-corrected chi connectivity index (χ0v) is 7.07. The van der Waals surface area contributed by atoms with E-state index in [1.807, 2.05) is 6.92 Å². The number of carbonyl (C=O) groups is 1. The van der Waals surface area contributed by atoms with E-state index < -0.39 is 12.3 Å². The molecule has 0 heterocycles. The normalized spacial score (nSPS) is 10.3. The van der Waals surface area contributed by atoms with Crippen molar-refractivity contribution < 1.29 is 13.6 Å². The highest BCUT2D eigenvalue weighted by molar-refractivity contribution is 5.78. The number of carbonyl (C=O) groups excluding carboxylic acids is 1. The van der Waals surface area contributed by atoms with E-state index in [0.29, 0.717) is 6.54 Å². The van der Waals surface area contributed by atoms with Crippen molar-refractivity contribution in [2.24, 2.45) is 0 Å². The SMILES string of the molecule is CCCNCCNC(=O)C(F)F. The number of rotatable bonds is 6. The van der Waals surface area contributed by atoms with E-state index in [-0.39, 0.29) is 6.54 Å². The molecule has 72 valence electrons. The quantitative estimate of drug-likeness (QED) is 0.580. The standard InChI is InChI=1S/C7H14F2N2O/c1-2-3-10-4-5-11-7(12)6(8)9/h6,10H,2-5H2,1H3,(H,11,12). The minimum Gasteiger partial charge on any atom is -0.350 e. The van der Waals surface area contributed by atoms with Crippen molar-refractivity contribution in [3.8, 4) is 0 Å². The van der Waals surface area contributed by atoms with Gasteiger partial charge in [0.05, 0.1) is 0 Å². The van der Waals surface area contributed by atoms with E-state index in [0.717, 1.165) is 13.0 Å². The molecule has 12 heavy (non-hydrogen) atoms. The van der Waals surface area contributed by atoms with Crippen LogP contribution in [0.2, 0.25) is 0 Å². The average Bonchev–Trinajstić information content (AvgIpc) is 2.03. The zero-order valence-electron chi connectivity index (χ0n) is 7.07. The lowest BCUT2D eigenvalue weighted by molar-refractivity contribution is -0.131. The Kier molecular flexibility index (Phi) is 6.55. The van der Waals surface area contributed by atoms with Gasteiger partial charge in [0.25, 0.3) is 5.91 Å². The molecule has 1 amide bonds. The molecule has 0 radical (unpaired) electrons. The molecule has 0 aliphatic rings. The maximum atomic E-state index is 11.6. The van der Waals surface area contributed by atoms with Gasteiger partial charge in [0, 0.05) is 13.1 Å². The maximum Gasteiger partial charge on any atom is 0.315 e. The first-order chi connectivity index (χ1) is 5.68. The van der Waals surface area contributed by atoms with Crippen molar-refractivity contribution in [3.05, 3.63) is 0 Å². The van der Waals surface area contributed by atoms with Gasteiger partial charge in [0.1, 0.15) is 0 Å². The van der Waals surface area contributed by atoms with E-state index in [1.54, 1.807) is 0 Å². The Hall–Kier alpha value is -0.710. The van der Waals surface area contributed by atoms with Gasteiger partial charge in [0.15, 0.2) is 0 Å². The topological polar surface area (TPSA) is 41.1 Å². The number of nitrogens with one attached hydrogen (secondary N) is 2. The predicted molar refractivity (Wildman–Crippen MR) is 42.2 cm³/mol. The summed E-state index contributed by atoms with van der Waals surface area (Å²) in [5, 5.41) is 5.06. The van der Waals surface area contributed by atoms with Gasteiger partial charge in [-0.1, -0.05) is 6.92 Å². The molecular weight excluding hydrogens is 166 g/mol. The zero-order chi connectivity index (χ0) is 9.40. The molecular formula is C7H14F2N2O. The van der Waals surface area contributed by atoms with E-state index in [9.17, 15) is 13.6 Å². The smallest absolute Gasteiger partial charge is 0.315 e. The highest BCUT2D eigenvalue weighted by atomic mass is 19.3. The first-order valence-corrected chi connectivity index (χ1v) is 3.95. The summed E-state index contributed by atoms with van der Waals surface area (Å²) in [6.07, 6.45) is -1.92. The Bertz CT molecular complexity index is 131. The number of hydrogen-bond donors (Lipinski definition) is 2. The van der Waals surface area contributed by atoms with Gasteiger partial charge in [0.2, 0.25) is 0 Å². The lowest BCUT2D eigenvalue weighted by Crippen LogP contribution is -2.35. The van der Waals surface area contributed by atoms with Crippen LogP contribution in [0.4, 0.5) is 8.78 Å². The molecule has 0 atom stereocenters. The monoisotopic (exact) mass is 180 g/mol. The van der Waals surface area contributed by atoms with Crippen molar-refractivity contribution in [2.75, 3.05) is 19.6 Å². The second-order valence-electron chi connectivity index (χ2n) is 2.34. The van der Waals surface area contributed by atoms with Crippen LogP contribution in [0, 0.1) is 0 Å². The van der Waals surface area contributed by atoms with Gasteiger partial charge in [-0.05, 0) is 13.0 Å².